The number of urea groups is 1. The van der Waals surface area contributed by atoms with Crippen LogP contribution in [0.5, 0.6) is 0 Å². The monoisotopic (exact) mass is 264 g/mol. The van der Waals surface area contributed by atoms with E-state index in [1.54, 1.807) is 30.7 Å². The summed E-state index contributed by atoms with van der Waals surface area (Å²) in [7, 11) is 0. The topological polar surface area (TPSA) is 54.3 Å². The maximum absolute atomic E-state index is 11.7. The van der Waals surface area contributed by atoms with E-state index in [2.05, 4.69) is 10.6 Å². The van der Waals surface area contributed by atoms with Crippen molar-refractivity contribution >= 4 is 23.3 Å². The molecule has 0 atom stereocenters. The Morgan fingerprint density at radius 3 is 2.94 bits per heavy atom. The van der Waals surface area contributed by atoms with E-state index < -0.39 is 0 Å². The average Bonchev–Trinajstić information content (AvgIpc) is 2.84. The Bertz CT molecular complexity index is 538. The fraction of sp³-hybridized carbons (Fsp3) is 0.154. The average molecular weight is 265 g/mol. The van der Waals surface area contributed by atoms with Gasteiger partial charge in [-0.1, -0.05) is 17.7 Å². The van der Waals surface area contributed by atoms with Crippen LogP contribution in [0.3, 0.4) is 0 Å². The van der Waals surface area contributed by atoms with E-state index in [1.165, 1.54) is 0 Å². The third-order valence-corrected chi connectivity index (χ3v) is 2.72. The van der Waals surface area contributed by atoms with Gasteiger partial charge in [0.1, 0.15) is 0 Å². The fourth-order valence-electron chi connectivity index (χ4n) is 1.47. The van der Waals surface area contributed by atoms with Gasteiger partial charge in [0.05, 0.1) is 12.5 Å². The first kappa shape index (κ1) is 12.5. The second kappa shape index (κ2) is 5.60. The first-order valence-electron chi connectivity index (χ1n) is 5.47. The summed E-state index contributed by atoms with van der Waals surface area (Å²) >= 11 is 5.87. The van der Waals surface area contributed by atoms with Gasteiger partial charge in [0.2, 0.25) is 0 Å². The summed E-state index contributed by atoms with van der Waals surface area (Å²) in [6, 6.07) is 6.88. The highest BCUT2D eigenvalue weighted by atomic mass is 35.5. The summed E-state index contributed by atoms with van der Waals surface area (Å²) < 4.78 is 4.91. The third kappa shape index (κ3) is 3.28. The Hall–Kier alpha value is -1.94. The molecule has 0 fully saturated rings. The molecule has 2 amide bonds. The number of halogens is 1. The fourth-order valence-corrected chi connectivity index (χ4v) is 1.64. The minimum atomic E-state index is -0.276. The molecule has 2 aromatic rings. The first-order valence-corrected chi connectivity index (χ1v) is 5.85. The maximum Gasteiger partial charge on any atom is 0.319 e. The predicted molar refractivity (Wildman–Crippen MR) is 70.8 cm³/mol. The second-order valence-electron chi connectivity index (χ2n) is 3.90. The molecule has 94 valence electrons. The molecule has 0 saturated carbocycles. The number of nitrogens with one attached hydrogen (secondary N) is 2. The number of amides is 2. The lowest BCUT2D eigenvalue weighted by Gasteiger charge is -2.09. The highest BCUT2D eigenvalue weighted by Gasteiger charge is 2.05. The van der Waals surface area contributed by atoms with Gasteiger partial charge in [-0.3, -0.25) is 0 Å². The van der Waals surface area contributed by atoms with Gasteiger partial charge in [-0.05, 0) is 30.7 Å². The summed E-state index contributed by atoms with van der Waals surface area (Å²) in [6.45, 7) is 2.32. The van der Waals surface area contributed by atoms with Crippen LogP contribution in [-0.2, 0) is 6.54 Å². The number of aryl methyl sites for hydroxylation is 1. The van der Waals surface area contributed by atoms with Crippen molar-refractivity contribution in [3.8, 4) is 0 Å². The molecule has 0 unspecified atom stereocenters. The number of hydrogen-bond acceptors (Lipinski definition) is 2. The van der Waals surface area contributed by atoms with Crippen molar-refractivity contribution in [1.82, 2.24) is 5.32 Å². The Kier molecular flexibility index (Phi) is 3.89. The van der Waals surface area contributed by atoms with Crippen LogP contribution in [0.1, 0.15) is 11.1 Å². The highest BCUT2D eigenvalue weighted by molar-refractivity contribution is 6.31. The van der Waals surface area contributed by atoms with Crippen LogP contribution in [0.25, 0.3) is 0 Å². The van der Waals surface area contributed by atoms with Gasteiger partial charge in [-0.2, -0.15) is 0 Å². The summed E-state index contributed by atoms with van der Waals surface area (Å²) in [5, 5.41) is 6.06. The number of furan rings is 1. The molecule has 0 aliphatic carbocycles. The van der Waals surface area contributed by atoms with E-state index in [0.717, 1.165) is 11.1 Å². The Morgan fingerprint density at radius 1 is 1.39 bits per heavy atom. The molecule has 0 bridgehead atoms. The molecule has 1 aromatic carbocycles. The number of hydrogen-bond donors (Lipinski definition) is 2. The summed E-state index contributed by atoms with van der Waals surface area (Å²) in [4.78, 5) is 11.7. The smallest absolute Gasteiger partial charge is 0.319 e. The SMILES string of the molecule is Cc1ccc(Cl)cc1NC(=O)NCc1ccoc1. The van der Waals surface area contributed by atoms with Crippen LogP contribution >= 0.6 is 11.6 Å². The van der Waals surface area contributed by atoms with E-state index in [-0.39, 0.29) is 6.03 Å². The van der Waals surface area contributed by atoms with Crippen molar-refractivity contribution in [2.75, 3.05) is 5.32 Å². The molecule has 0 spiro atoms. The van der Waals surface area contributed by atoms with Crippen molar-refractivity contribution in [3.63, 3.8) is 0 Å². The molecule has 18 heavy (non-hydrogen) atoms. The van der Waals surface area contributed by atoms with Crippen LogP contribution < -0.4 is 10.6 Å². The van der Waals surface area contributed by atoms with Crippen LogP contribution in [0, 0.1) is 6.92 Å². The molecule has 0 aliphatic heterocycles. The zero-order chi connectivity index (χ0) is 13.0. The maximum atomic E-state index is 11.7. The van der Waals surface area contributed by atoms with E-state index in [0.29, 0.717) is 17.3 Å². The van der Waals surface area contributed by atoms with Gasteiger partial charge >= 0.3 is 6.03 Å². The number of carbonyl (C=O) groups is 1. The van der Waals surface area contributed by atoms with Crippen LogP contribution in [0.15, 0.2) is 41.2 Å². The Labute approximate surface area is 110 Å². The van der Waals surface area contributed by atoms with E-state index in [1.807, 2.05) is 13.0 Å². The van der Waals surface area contributed by atoms with Crippen molar-refractivity contribution in [1.29, 1.82) is 0 Å². The van der Waals surface area contributed by atoms with E-state index in [9.17, 15) is 4.79 Å². The molecule has 5 heteroatoms. The minimum Gasteiger partial charge on any atom is -0.472 e. The van der Waals surface area contributed by atoms with Crippen molar-refractivity contribution < 1.29 is 9.21 Å². The third-order valence-electron chi connectivity index (χ3n) is 2.48. The van der Waals surface area contributed by atoms with Gasteiger partial charge in [-0.25, -0.2) is 4.79 Å². The normalized spacial score (nSPS) is 10.1. The van der Waals surface area contributed by atoms with Gasteiger partial charge in [-0.15, -0.1) is 0 Å². The summed E-state index contributed by atoms with van der Waals surface area (Å²) in [5.74, 6) is 0. The van der Waals surface area contributed by atoms with Crippen LogP contribution in [0.4, 0.5) is 10.5 Å². The number of anilines is 1. The molecule has 0 radical (unpaired) electrons. The number of rotatable bonds is 3. The zero-order valence-corrected chi connectivity index (χ0v) is 10.6. The zero-order valence-electron chi connectivity index (χ0n) is 9.87. The second-order valence-corrected chi connectivity index (χ2v) is 4.33. The predicted octanol–water partition coefficient (Wildman–Crippen LogP) is 3.56. The van der Waals surface area contributed by atoms with Crippen LogP contribution in [0.2, 0.25) is 5.02 Å². The van der Waals surface area contributed by atoms with Crippen LogP contribution in [-0.4, -0.2) is 6.03 Å². The van der Waals surface area contributed by atoms with Gasteiger partial charge < -0.3 is 15.1 Å². The molecular weight excluding hydrogens is 252 g/mol. The summed E-state index contributed by atoms with van der Waals surface area (Å²) in [5.41, 5.74) is 2.57. The molecule has 4 nitrogen and oxygen atoms in total. The quantitative estimate of drug-likeness (QED) is 0.891. The van der Waals surface area contributed by atoms with Gasteiger partial charge in [0.15, 0.2) is 0 Å². The molecule has 1 aromatic heterocycles. The van der Waals surface area contributed by atoms with Crippen molar-refractivity contribution in [3.05, 3.63) is 52.9 Å². The van der Waals surface area contributed by atoms with Crippen molar-refractivity contribution in [2.24, 2.45) is 0 Å². The number of carbonyl (C=O) groups excluding carboxylic acids is 1. The Balaban J connectivity index is 1.92. The molecule has 1 heterocycles. The van der Waals surface area contributed by atoms with Crippen molar-refractivity contribution in [2.45, 2.75) is 13.5 Å². The standard InChI is InChI=1S/C13H13ClN2O2/c1-9-2-3-11(14)6-12(9)16-13(17)15-7-10-4-5-18-8-10/h2-6,8H,7H2,1H3,(H2,15,16,17). The summed E-state index contributed by atoms with van der Waals surface area (Å²) in [6.07, 6.45) is 3.15. The number of benzene rings is 1. The van der Waals surface area contributed by atoms with Gasteiger partial charge in [0.25, 0.3) is 0 Å². The highest BCUT2D eigenvalue weighted by Crippen LogP contribution is 2.19. The lowest BCUT2D eigenvalue weighted by molar-refractivity contribution is 0.251. The largest absolute Gasteiger partial charge is 0.472 e. The minimum absolute atomic E-state index is 0.276. The molecule has 0 saturated heterocycles. The Morgan fingerprint density at radius 2 is 2.22 bits per heavy atom. The van der Waals surface area contributed by atoms with Gasteiger partial charge in [0, 0.05) is 22.8 Å². The molecule has 2 rings (SSSR count). The molecule has 2 N–H and O–H groups in total. The molecule has 0 aliphatic rings. The lowest BCUT2D eigenvalue weighted by atomic mass is 10.2. The first-order chi connectivity index (χ1) is 8.65. The lowest BCUT2D eigenvalue weighted by Crippen LogP contribution is -2.28. The van der Waals surface area contributed by atoms with E-state index in [4.69, 9.17) is 16.0 Å². The van der Waals surface area contributed by atoms with E-state index >= 15 is 0 Å². The molecular formula is C13H13ClN2O2.